The number of hydrogen-bond donors (Lipinski definition) is 1. The molecular formula is C28H32N4O2. The van der Waals surface area contributed by atoms with Crippen LogP contribution in [0.15, 0.2) is 42.7 Å². The van der Waals surface area contributed by atoms with Gasteiger partial charge in [0.1, 0.15) is 5.75 Å². The van der Waals surface area contributed by atoms with Crippen molar-refractivity contribution in [3.05, 3.63) is 70.8 Å². The van der Waals surface area contributed by atoms with Crippen LogP contribution in [0.5, 0.6) is 5.75 Å². The Bertz CT molecular complexity index is 1270. The topological polar surface area (TPSA) is 63.4 Å². The molecule has 176 valence electrons. The Labute approximate surface area is 200 Å². The van der Waals surface area contributed by atoms with E-state index in [4.69, 9.17) is 9.84 Å². The highest BCUT2D eigenvalue weighted by Gasteiger charge is 2.65. The fourth-order valence-electron chi connectivity index (χ4n) is 7.23. The molecule has 3 atom stereocenters. The molecule has 1 saturated carbocycles. The van der Waals surface area contributed by atoms with Gasteiger partial charge in [-0.2, -0.15) is 5.10 Å². The van der Waals surface area contributed by atoms with E-state index < -0.39 is 5.60 Å². The number of fused-ring (bicyclic) bond motifs is 2. The monoisotopic (exact) mass is 456 g/mol. The third-order valence-electron chi connectivity index (χ3n) is 9.21. The van der Waals surface area contributed by atoms with Crippen molar-refractivity contribution in [3.63, 3.8) is 0 Å². The fourth-order valence-corrected chi connectivity index (χ4v) is 7.23. The maximum atomic E-state index is 12.8. The SMILES string of the molecule is COc1ccc2c(c1)[C@]13CCN(CC4CC4)[C@H](C2)[C@]1(O)Cc1c(nn(-c2cccnc2)c1C)C3. The van der Waals surface area contributed by atoms with E-state index >= 15 is 0 Å². The van der Waals surface area contributed by atoms with Crippen molar-refractivity contribution in [2.45, 2.75) is 62.5 Å². The highest BCUT2D eigenvalue weighted by atomic mass is 16.5. The van der Waals surface area contributed by atoms with E-state index in [9.17, 15) is 5.11 Å². The number of ether oxygens (including phenoxy) is 1. The quantitative estimate of drug-likeness (QED) is 0.652. The van der Waals surface area contributed by atoms with Gasteiger partial charge in [-0.15, -0.1) is 0 Å². The van der Waals surface area contributed by atoms with Crippen LogP contribution in [0, 0.1) is 12.8 Å². The molecule has 3 aliphatic carbocycles. The molecule has 1 aromatic carbocycles. The summed E-state index contributed by atoms with van der Waals surface area (Å²) < 4.78 is 7.66. The van der Waals surface area contributed by atoms with Gasteiger partial charge in [-0.3, -0.25) is 9.88 Å². The number of nitrogens with zero attached hydrogens (tertiary/aromatic N) is 4. The number of rotatable bonds is 4. The minimum atomic E-state index is -0.819. The van der Waals surface area contributed by atoms with Crippen LogP contribution < -0.4 is 4.74 Å². The summed E-state index contributed by atoms with van der Waals surface area (Å²) in [4.78, 5) is 6.93. The molecule has 0 spiro atoms. The number of aliphatic hydroxyl groups is 1. The Kier molecular flexibility index (Phi) is 4.35. The van der Waals surface area contributed by atoms with E-state index in [2.05, 4.69) is 41.1 Å². The summed E-state index contributed by atoms with van der Waals surface area (Å²) in [6.45, 7) is 4.30. The number of piperidine rings is 1. The van der Waals surface area contributed by atoms with Gasteiger partial charge in [-0.05, 0) is 86.0 Å². The Morgan fingerprint density at radius 1 is 1.21 bits per heavy atom. The van der Waals surface area contributed by atoms with E-state index in [-0.39, 0.29) is 11.5 Å². The predicted octanol–water partition coefficient (Wildman–Crippen LogP) is 3.39. The second-order valence-corrected chi connectivity index (χ2v) is 10.9. The summed E-state index contributed by atoms with van der Waals surface area (Å²) >= 11 is 0. The highest BCUT2D eigenvalue weighted by Crippen LogP contribution is 2.58. The van der Waals surface area contributed by atoms with E-state index in [1.807, 2.05) is 16.9 Å². The highest BCUT2D eigenvalue weighted by molar-refractivity contribution is 5.53. The molecule has 2 aromatic heterocycles. The summed E-state index contributed by atoms with van der Waals surface area (Å²) in [5.74, 6) is 1.68. The van der Waals surface area contributed by atoms with Crippen molar-refractivity contribution in [2.75, 3.05) is 20.2 Å². The van der Waals surface area contributed by atoms with Gasteiger partial charge in [0.2, 0.25) is 0 Å². The largest absolute Gasteiger partial charge is 0.497 e. The second kappa shape index (κ2) is 7.15. The van der Waals surface area contributed by atoms with Crippen LogP contribution in [-0.2, 0) is 24.7 Å². The molecule has 3 aromatic rings. The first-order chi connectivity index (χ1) is 16.5. The van der Waals surface area contributed by atoms with Crippen LogP contribution in [0.2, 0.25) is 0 Å². The standard InChI is InChI=1S/C28H32N4O2/c1-18-23-14-28(33)26-12-20-7-8-22(34-2)13-24(20)27(28,9-11-31(26)17-19-5-6-19)15-25(23)30-32(18)21-4-3-10-29-16-21/h3-4,7-8,10,13,16,19,26,33H,5-6,9,11-12,14-15,17H2,1-2H3/t26-,27-,28-/m1/s1. The third-order valence-corrected chi connectivity index (χ3v) is 9.21. The summed E-state index contributed by atoms with van der Waals surface area (Å²) in [6, 6.07) is 10.6. The average molecular weight is 457 g/mol. The number of likely N-dealkylation sites (tertiary alicyclic amines) is 1. The van der Waals surface area contributed by atoms with Gasteiger partial charge in [0.15, 0.2) is 0 Å². The lowest BCUT2D eigenvalue weighted by molar-refractivity contribution is -0.152. The number of methoxy groups -OCH3 is 1. The zero-order valence-corrected chi connectivity index (χ0v) is 20.0. The summed E-state index contributed by atoms with van der Waals surface area (Å²) in [7, 11) is 1.73. The zero-order chi connectivity index (χ0) is 23.1. The number of pyridine rings is 1. The maximum absolute atomic E-state index is 12.8. The van der Waals surface area contributed by atoms with Gasteiger partial charge < -0.3 is 9.84 Å². The zero-order valence-electron chi connectivity index (χ0n) is 20.0. The van der Waals surface area contributed by atoms with Crippen LogP contribution >= 0.6 is 0 Å². The summed E-state index contributed by atoms with van der Waals surface area (Å²) in [6.07, 6.45) is 9.59. The Morgan fingerprint density at radius 3 is 2.85 bits per heavy atom. The third kappa shape index (κ3) is 2.75. The van der Waals surface area contributed by atoms with Crippen LogP contribution in [0.1, 0.15) is 47.3 Å². The maximum Gasteiger partial charge on any atom is 0.119 e. The van der Waals surface area contributed by atoms with E-state index in [1.54, 1.807) is 13.3 Å². The number of aromatic nitrogens is 3. The molecule has 1 aliphatic heterocycles. The van der Waals surface area contributed by atoms with Crippen molar-refractivity contribution in [1.82, 2.24) is 19.7 Å². The first kappa shape index (κ1) is 20.7. The Morgan fingerprint density at radius 2 is 2.09 bits per heavy atom. The van der Waals surface area contributed by atoms with Gasteiger partial charge >= 0.3 is 0 Å². The van der Waals surface area contributed by atoms with Crippen LogP contribution in [0.4, 0.5) is 0 Å². The normalized spacial score (nSPS) is 29.8. The van der Waals surface area contributed by atoms with Crippen LogP contribution in [0.25, 0.3) is 5.69 Å². The molecule has 1 N–H and O–H groups in total. The van der Waals surface area contributed by atoms with Crippen LogP contribution in [-0.4, -0.2) is 56.6 Å². The van der Waals surface area contributed by atoms with Crippen LogP contribution in [0.3, 0.4) is 0 Å². The fraction of sp³-hybridized carbons (Fsp3) is 0.500. The minimum absolute atomic E-state index is 0.136. The molecule has 7 rings (SSSR count). The van der Waals surface area contributed by atoms with Gasteiger partial charge in [0.25, 0.3) is 0 Å². The van der Waals surface area contributed by atoms with Crippen molar-refractivity contribution < 1.29 is 9.84 Å². The molecule has 3 heterocycles. The van der Waals surface area contributed by atoms with Gasteiger partial charge in [-0.25, -0.2) is 4.68 Å². The van der Waals surface area contributed by atoms with Gasteiger partial charge in [0.05, 0.1) is 30.3 Å². The summed E-state index contributed by atoms with van der Waals surface area (Å²) in [5, 5.41) is 17.9. The molecule has 4 aliphatic rings. The lowest BCUT2D eigenvalue weighted by Crippen LogP contribution is -2.74. The lowest BCUT2D eigenvalue weighted by atomic mass is 9.49. The van der Waals surface area contributed by atoms with Gasteiger partial charge in [0, 0.05) is 42.7 Å². The lowest BCUT2D eigenvalue weighted by Gasteiger charge is -2.63. The molecule has 0 unspecified atom stereocenters. The van der Waals surface area contributed by atoms with E-state index in [1.165, 1.54) is 29.5 Å². The van der Waals surface area contributed by atoms with Crippen molar-refractivity contribution in [1.29, 1.82) is 0 Å². The smallest absolute Gasteiger partial charge is 0.119 e. The van der Waals surface area contributed by atoms with E-state index in [0.29, 0.717) is 6.42 Å². The molecule has 6 heteroatoms. The van der Waals surface area contributed by atoms with E-state index in [0.717, 1.165) is 61.1 Å². The molecular weight excluding hydrogens is 424 g/mol. The molecule has 2 bridgehead atoms. The number of benzene rings is 1. The summed E-state index contributed by atoms with van der Waals surface area (Å²) in [5.41, 5.74) is 5.91. The van der Waals surface area contributed by atoms with Crippen molar-refractivity contribution >= 4 is 0 Å². The van der Waals surface area contributed by atoms with Crippen molar-refractivity contribution in [2.24, 2.45) is 5.92 Å². The minimum Gasteiger partial charge on any atom is -0.497 e. The molecule has 0 radical (unpaired) electrons. The number of hydrogen-bond acceptors (Lipinski definition) is 5. The first-order valence-corrected chi connectivity index (χ1v) is 12.6. The molecule has 34 heavy (non-hydrogen) atoms. The van der Waals surface area contributed by atoms with Crippen molar-refractivity contribution in [3.8, 4) is 11.4 Å². The second-order valence-electron chi connectivity index (χ2n) is 10.9. The van der Waals surface area contributed by atoms with Gasteiger partial charge in [-0.1, -0.05) is 6.07 Å². The molecule has 6 nitrogen and oxygen atoms in total. The first-order valence-electron chi connectivity index (χ1n) is 12.6. The Hall–Kier alpha value is -2.70. The predicted molar refractivity (Wildman–Crippen MR) is 130 cm³/mol. The molecule has 2 fully saturated rings. The Balaban J connectivity index is 1.40. The average Bonchev–Trinajstić information content (AvgIpc) is 3.62. The molecule has 1 saturated heterocycles. The molecule has 0 amide bonds.